The van der Waals surface area contributed by atoms with E-state index in [1.807, 2.05) is 31.4 Å². The van der Waals surface area contributed by atoms with Gasteiger partial charge in [-0.05, 0) is 69.0 Å². The summed E-state index contributed by atoms with van der Waals surface area (Å²) in [6, 6.07) is 9.98. The predicted molar refractivity (Wildman–Crippen MR) is 110 cm³/mol. The molecule has 2 aromatic carbocycles. The second-order valence-electron chi connectivity index (χ2n) is 6.77. The fraction of sp³-hybridized carbons (Fsp3) is 0.238. The summed E-state index contributed by atoms with van der Waals surface area (Å²) in [4.78, 5) is 16.9. The van der Waals surface area contributed by atoms with Gasteiger partial charge in [-0.25, -0.2) is 9.78 Å². The number of carbonyl (C=O) groups is 1. The molecule has 0 aliphatic heterocycles. The largest absolute Gasteiger partial charge is 0.325 e. The van der Waals surface area contributed by atoms with E-state index in [1.54, 1.807) is 0 Å². The van der Waals surface area contributed by atoms with Gasteiger partial charge in [-0.15, -0.1) is 11.3 Å². The number of thiazole rings is 1. The first-order valence-electron chi connectivity index (χ1n) is 8.52. The van der Waals surface area contributed by atoms with Gasteiger partial charge in [0.05, 0.1) is 5.69 Å². The molecule has 0 aliphatic rings. The number of nitrogens with zero attached hydrogens (tertiary/aromatic N) is 1. The Kier molecular flexibility index (Phi) is 5.09. The second kappa shape index (κ2) is 7.30. The summed E-state index contributed by atoms with van der Waals surface area (Å²) in [6.45, 7) is 10.3. The van der Waals surface area contributed by atoms with E-state index >= 15 is 0 Å². The molecule has 2 N–H and O–H groups in total. The van der Waals surface area contributed by atoms with Crippen LogP contribution in [0.5, 0.6) is 0 Å². The summed E-state index contributed by atoms with van der Waals surface area (Å²) in [5.74, 6) is 0. The predicted octanol–water partition coefficient (Wildman–Crippen LogP) is 6.00. The monoisotopic (exact) mass is 365 g/mol. The van der Waals surface area contributed by atoms with Crippen LogP contribution in [0.1, 0.15) is 27.8 Å². The average molecular weight is 366 g/mol. The number of aryl methyl sites for hydroxylation is 5. The topological polar surface area (TPSA) is 54.0 Å². The Morgan fingerprint density at radius 3 is 2.04 bits per heavy atom. The molecule has 134 valence electrons. The van der Waals surface area contributed by atoms with Crippen LogP contribution in [0.4, 0.5) is 15.6 Å². The van der Waals surface area contributed by atoms with Gasteiger partial charge < -0.3 is 5.32 Å². The van der Waals surface area contributed by atoms with Crippen LogP contribution in [0.15, 0.2) is 35.7 Å². The highest BCUT2D eigenvalue weighted by molar-refractivity contribution is 7.14. The van der Waals surface area contributed by atoms with Crippen LogP contribution >= 0.6 is 11.3 Å². The normalized spacial score (nSPS) is 10.7. The van der Waals surface area contributed by atoms with E-state index < -0.39 is 0 Å². The van der Waals surface area contributed by atoms with Crippen molar-refractivity contribution in [3.63, 3.8) is 0 Å². The fourth-order valence-electron chi connectivity index (χ4n) is 3.34. The second-order valence-corrected chi connectivity index (χ2v) is 7.63. The van der Waals surface area contributed by atoms with Gasteiger partial charge in [0, 0.05) is 16.6 Å². The molecule has 3 rings (SSSR count). The molecule has 3 aromatic rings. The smallest absolute Gasteiger partial charge is 0.308 e. The first-order valence-corrected chi connectivity index (χ1v) is 9.40. The first kappa shape index (κ1) is 18.1. The SMILES string of the molecule is Cc1cc(C)cc(NC(=O)Nc2nc(-c3c(C)cc(C)cc3C)cs2)c1. The van der Waals surface area contributed by atoms with Crippen molar-refractivity contribution < 1.29 is 4.79 Å². The van der Waals surface area contributed by atoms with Crippen molar-refractivity contribution in [2.45, 2.75) is 34.6 Å². The maximum Gasteiger partial charge on any atom is 0.325 e. The molecule has 5 heteroatoms. The van der Waals surface area contributed by atoms with Gasteiger partial charge in [-0.1, -0.05) is 23.8 Å². The summed E-state index contributed by atoms with van der Waals surface area (Å²) in [5, 5.41) is 8.26. The minimum absolute atomic E-state index is 0.284. The highest BCUT2D eigenvalue weighted by Crippen LogP contribution is 2.31. The molecule has 4 nitrogen and oxygen atoms in total. The van der Waals surface area contributed by atoms with Crippen molar-refractivity contribution in [1.29, 1.82) is 0 Å². The van der Waals surface area contributed by atoms with Crippen molar-refractivity contribution in [1.82, 2.24) is 4.98 Å². The third kappa shape index (κ3) is 4.11. The van der Waals surface area contributed by atoms with Crippen molar-refractivity contribution in [3.8, 4) is 11.3 Å². The van der Waals surface area contributed by atoms with Gasteiger partial charge in [0.15, 0.2) is 5.13 Å². The van der Waals surface area contributed by atoms with Gasteiger partial charge in [0.25, 0.3) is 0 Å². The fourth-order valence-corrected chi connectivity index (χ4v) is 4.03. The summed E-state index contributed by atoms with van der Waals surface area (Å²) >= 11 is 1.43. The van der Waals surface area contributed by atoms with Crippen LogP contribution in [0, 0.1) is 34.6 Å². The molecular weight excluding hydrogens is 342 g/mol. The molecule has 2 amide bonds. The quantitative estimate of drug-likeness (QED) is 0.598. The average Bonchev–Trinajstić information content (AvgIpc) is 2.92. The molecule has 0 saturated heterocycles. The lowest BCUT2D eigenvalue weighted by molar-refractivity contribution is 0.262. The van der Waals surface area contributed by atoms with Crippen LogP contribution in [0.25, 0.3) is 11.3 Å². The third-order valence-electron chi connectivity index (χ3n) is 4.14. The van der Waals surface area contributed by atoms with E-state index in [0.717, 1.165) is 28.1 Å². The number of nitrogens with one attached hydrogen (secondary N) is 2. The van der Waals surface area contributed by atoms with Crippen molar-refractivity contribution >= 4 is 28.2 Å². The maximum atomic E-state index is 12.3. The van der Waals surface area contributed by atoms with Crippen LogP contribution in [0.2, 0.25) is 0 Å². The Bertz CT molecular complexity index is 932. The van der Waals surface area contributed by atoms with Crippen LogP contribution < -0.4 is 10.6 Å². The van der Waals surface area contributed by atoms with Crippen LogP contribution in [0.3, 0.4) is 0 Å². The van der Waals surface area contributed by atoms with E-state index in [2.05, 4.69) is 54.6 Å². The highest BCUT2D eigenvalue weighted by Gasteiger charge is 2.12. The lowest BCUT2D eigenvalue weighted by Crippen LogP contribution is -2.19. The molecule has 0 radical (unpaired) electrons. The summed E-state index contributed by atoms with van der Waals surface area (Å²) in [6.07, 6.45) is 0. The number of hydrogen-bond donors (Lipinski definition) is 2. The molecule has 26 heavy (non-hydrogen) atoms. The van der Waals surface area contributed by atoms with Crippen molar-refractivity contribution in [2.75, 3.05) is 10.6 Å². The van der Waals surface area contributed by atoms with E-state index in [9.17, 15) is 4.79 Å². The zero-order valence-corrected chi connectivity index (χ0v) is 16.5. The highest BCUT2D eigenvalue weighted by atomic mass is 32.1. The number of rotatable bonds is 3. The first-order chi connectivity index (χ1) is 12.3. The molecular formula is C21H23N3OS. The van der Waals surface area contributed by atoms with Gasteiger partial charge >= 0.3 is 6.03 Å². The molecule has 0 fully saturated rings. The van der Waals surface area contributed by atoms with Crippen molar-refractivity contribution in [2.24, 2.45) is 0 Å². The van der Waals surface area contributed by atoms with E-state index in [4.69, 9.17) is 0 Å². The van der Waals surface area contributed by atoms with E-state index in [1.165, 1.54) is 28.0 Å². The number of urea groups is 1. The molecule has 0 unspecified atom stereocenters. The number of anilines is 2. The number of benzene rings is 2. The zero-order valence-electron chi connectivity index (χ0n) is 15.7. The van der Waals surface area contributed by atoms with Crippen molar-refractivity contribution in [3.05, 3.63) is 63.5 Å². The van der Waals surface area contributed by atoms with Crippen LogP contribution in [-0.4, -0.2) is 11.0 Å². The van der Waals surface area contributed by atoms with Gasteiger partial charge in [-0.2, -0.15) is 0 Å². The van der Waals surface area contributed by atoms with E-state index in [-0.39, 0.29) is 6.03 Å². The molecule has 0 bridgehead atoms. The minimum Gasteiger partial charge on any atom is -0.308 e. The third-order valence-corrected chi connectivity index (χ3v) is 4.90. The Morgan fingerprint density at radius 1 is 0.846 bits per heavy atom. The lowest BCUT2D eigenvalue weighted by atomic mass is 9.98. The van der Waals surface area contributed by atoms with E-state index in [0.29, 0.717) is 5.13 Å². The zero-order chi connectivity index (χ0) is 18.8. The molecule has 0 aliphatic carbocycles. The molecule has 0 spiro atoms. The number of hydrogen-bond acceptors (Lipinski definition) is 3. The minimum atomic E-state index is -0.284. The van der Waals surface area contributed by atoms with Gasteiger partial charge in [-0.3, -0.25) is 5.32 Å². The summed E-state index contributed by atoms with van der Waals surface area (Å²) < 4.78 is 0. The standard InChI is InChI=1S/C21H23N3OS/c1-12-6-13(2)10-17(9-12)22-20(25)24-21-23-18(11-26-21)19-15(4)7-14(3)8-16(19)5/h6-11H,1-5H3,(H2,22,23,24,25). The van der Waals surface area contributed by atoms with Crippen LogP contribution in [-0.2, 0) is 0 Å². The number of amides is 2. The summed E-state index contributed by atoms with van der Waals surface area (Å²) in [5.41, 5.74) is 8.66. The molecule has 1 heterocycles. The Hall–Kier alpha value is -2.66. The Labute approximate surface area is 158 Å². The van der Waals surface area contributed by atoms with Gasteiger partial charge in [0.2, 0.25) is 0 Å². The van der Waals surface area contributed by atoms with Gasteiger partial charge in [0.1, 0.15) is 0 Å². The Morgan fingerprint density at radius 2 is 1.42 bits per heavy atom. The molecule has 1 aromatic heterocycles. The maximum absolute atomic E-state index is 12.3. The summed E-state index contributed by atoms with van der Waals surface area (Å²) in [7, 11) is 0. The number of carbonyl (C=O) groups excluding carboxylic acids is 1. The Balaban J connectivity index is 1.75. The molecule has 0 saturated carbocycles. The lowest BCUT2D eigenvalue weighted by Gasteiger charge is -2.09. The molecule has 0 atom stereocenters. The number of aromatic nitrogens is 1.